The van der Waals surface area contributed by atoms with Crippen LogP contribution in [-0.4, -0.2) is 29.2 Å². The Hall–Kier alpha value is -3.80. The molecule has 0 saturated carbocycles. The molecule has 0 aliphatic rings. The molecular weight excluding hydrogens is 392 g/mol. The molecular formula is C25H24N2O4. The van der Waals surface area contributed by atoms with E-state index in [0.717, 1.165) is 28.4 Å². The van der Waals surface area contributed by atoms with Gasteiger partial charge in [0.05, 0.1) is 0 Å². The van der Waals surface area contributed by atoms with Crippen molar-refractivity contribution >= 4 is 39.4 Å². The normalized spacial score (nSPS) is 11.9. The number of hydrogen-bond acceptors (Lipinski definition) is 4. The van der Waals surface area contributed by atoms with Gasteiger partial charge in [0, 0.05) is 34.0 Å². The lowest BCUT2D eigenvalue weighted by atomic mass is 10.1. The fraction of sp³-hybridized carbons (Fsp3) is 0.200. The molecule has 3 aromatic carbocycles. The van der Waals surface area contributed by atoms with Gasteiger partial charge in [-0.1, -0.05) is 36.4 Å². The van der Waals surface area contributed by atoms with Gasteiger partial charge in [-0.15, -0.1) is 0 Å². The smallest absolute Gasteiger partial charge is 0.347 e. The van der Waals surface area contributed by atoms with E-state index in [1.807, 2.05) is 48.5 Å². The summed E-state index contributed by atoms with van der Waals surface area (Å²) in [6, 6.07) is 23.0. The van der Waals surface area contributed by atoms with Gasteiger partial charge in [-0.2, -0.15) is 0 Å². The first kappa shape index (κ1) is 20.5. The van der Waals surface area contributed by atoms with E-state index in [2.05, 4.69) is 28.9 Å². The van der Waals surface area contributed by atoms with E-state index in [0.29, 0.717) is 11.4 Å². The van der Waals surface area contributed by atoms with E-state index < -0.39 is 18.0 Å². The maximum absolute atomic E-state index is 12.3. The summed E-state index contributed by atoms with van der Waals surface area (Å²) in [5.74, 6) is -0.435. The van der Waals surface area contributed by atoms with Crippen LogP contribution >= 0.6 is 0 Å². The number of esters is 1. The largest absolute Gasteiger partial charge is 0.479 e. The van der Waals surface area contributed by atoms with Gasteiger partial charge >= 0.3 is 5.97 Å². The van der Waals surface area contributed by atoms with Crippen molar-refractivity contribution in [1.29, 1.82) is 0 Å². The Morgan fingerprint density at radius 3 is 2.42 bits per heavy atom. The zero-order valence-corrected chi connectivity index (χ0v) is 17.5. The van der Waals surface area contributed by atoms with E-state index in [1.165, 1.54) is 0 Å². The number of aromatic nitrogens is 1. The van der Waals surface area contributed by atoms with Crippen LogP contribution in [0.2, 0.25) is 0 Å². The molecule has 6 nitrogen and oxygen atoms in total. The van der Waals surface area contributed by atoms with Crippen LogP contribution in [0.25, 0.3) is 21.8 Å². The number of amides is 1. The lowest BCUT2D eigenvalue weighted by molar-refractivity contribution is -0.153. The van der Waals surface area contributed by atoms with Crippen molar-refractivity contribution in [3.8, 4) is 5.75 Å². The molecule has 0 unspecified atom stereocenters. The number of nitrogens with zero attached hydrogens (tertiary/aromatic N) is 1. The Balaban J connectivity index is 1.40. The van der Waals surface area contributed by atoms with Gasteiger partial charge in [0.1, 0.15) is 5.75 Å². The standard InChI is InChI=1S/C25H24N2O4/c1-3-27-22-12-8-7-11-20(22)21-15-18(13-14-23(21)27)26-24(28)16-30-25(29)17(2)31-19-9-5-4-6-10-19/h4-15,17H,3,16H2,1-2H3,(H,26,28)/t17-/m0/s1. The number of fused-ring (bicyclic) bond motifs is 3. The van der Waals surface area contributed by atoms with Crippen molar-refractivity contribution in [1.82, 2.24) is 4.57 Å². The van der Waals surface area contributed by atoms with Crippen LogP contribution < -0.4 is 10.1 Å². The molecule has 6 heteroatoms. The molecule has 1 aromatic heterocycles. The highest BCUT2D eigenvalue weighted by atomic mass is 16.6. The molecule has 0 saturated heterocycles. The quantitative estimate of drug-likeness (QED) is 0.441. The molecule has 1 N–H and O–H groups in total. The first-order valence-corrected chi connectivity index (χ1v) is 10.3. The number of aryl methyl sites for hydroxylation is 1. The second-order valence-electron chi connectivity index (χ2n) is 7.22. The highest BCUT2D eigenvalue weighted by Crippen LogP contribution is 2.30. The van der Waals surface area contributed by atoms with Gasteiger partial charge in [-0.25, -0.2) is 4.79 Å². The zero-order chi connectivity index (χ0) is 21.8. The number of anilines is 1. The second-order valence-corrected chi connectivity index (χ2v) is 7.22. The van der Waals surface area contributed by atoms with Gasteiger partial charge in [0.15, 0.2) is 12.7 Å². The first-order chi connectivity index (χ1) is 15.1. The molecule has 0 aliphatic heterocycles. The molecule has 4 aromatic rings. The van der Waals surface area contributed by atoms with E-state index >= 15 is 0 Å². The van der Waals surface area contributed by atoms with Crippen molar-refractivity contribution in [2.45, 2.75) is 26.5 Å². The number of ether oxygens (including phenoxy) is 2. The molecule has 0 radical (unpaired) electrons. The summed E-state index contributed by atoms with van der Waals surface area (Å²) in [5, 5.41) is 5.00. The van der Waals surface area contributed by atoms with Crippen LogP contribution in [0.5, 0.6) is 5.75 Å². The predicted molar refractivity (Wildman–Crippen MR) is 121 cm³/mol. The van der Waals surface area contributed by atoms with E-state index in [1.54, 1.807) is 19.1 Å². The van der Waals surface area contributed by atoms with E-state index in [-0.39, 0.29) is 6.61 Å². The molecule has 31 heavy (non-hydrogen) atoms. The molecule has 1 amide bonds. The Labute approximate surface area is 180 Å². The minimum Gasteiger partial charge on any atom is -0.479 e. The molecule has 1 heterocycles. The third kappa shape index (κ3) is 4.38. The van der Waals surface area contributed by atoms with Gasteiger partial charge < -0.3 is 19.4 Å². The van der Waals surface area contributed by atoms with Crippen LogP contribution in [0.1, 0.15) is 13.8 Å². The zero-order valence-electron chi connectivity index (χ0n) is 17.5. The summed E-state index contributed by atoms with van der Waals surface area (Å²) in [6.07, 6.45) is -0.813. The minimum atomic E-state index is -0.813. The molecule has 1 atom stereocenters. The fourth-order valence-electron chi connectivity index (χ4n) is 3.67. The number of nitrogens with one attached hydrogen (secondary N) is 1. The summed E-state index contributed by atoms with van der Waals surface area (Å²) in [5.41, 5.74) is 2.92. The summed E-state index contributed by atoms with van der Waals surface area (Å²) in [4.78, 5) is 24.5. The maximum Gasteiger partial charge on any atom is 0.347 e. The Kier molecular flexibility index (Phi) is 5.89. The number of carbonyl (C=O) groups excluding carboxylic acids is 2. The number of para-hydroxylation sites is 2. The number of hydrogen-bond donors (Lipinski definition) is 1. The van der Waals surface area contributed by atoms with E-state index in [9.17, 15) is 9.59 Å². The summed E-state index contributed by atoms with van der Waals surface area (Å²) < 4.78 is 12.9. The van der Waals surface area contributed by atoms with Gasteiger partial charge in [0.2, 0.25) is 0 Å². The average Bonchev–Trinajstić information content (AvgIpc) is 3.11. The van der Waals surface area contributed by atoms with Gasteiger partial charge in [-0.05, 0) is 50.2 Å². The van der Waals surface area contributed by atoms with Gasteiger partial charge in [-0.3, -0.25) is 4.79 Å². The molecule has 0 aliphatic carbocycles. The number of rotatable bonds is 7. The highest BCUT2D eigenvalue weighted by molar-refractivity contribution is 6.09. The van der Waals surface area contributed by atoms with Crippen molar-refractivity contribution < 1.29 is 19.1 Å². The van der Waals surface area contributed by atoms with Crippen molar-refractivity contribution in [2.24, 2.45) is 0 Å². The predicted octanol–water partition coefficient (Wildman–Crippen LogP) is 4.76. The minimum absolute atomic E-state index is 0.379. The van der Waals surface area contributed by atoms with Crippen LogP contribution in [0, 0.1) is 0 Å². The topological polar surface area (TPSA) is 69.6 Å². The van der Waals surface area contributed by atoms with Crippen molar-refractivity contribution in [3.05, 3.63) is 72.8 Å². The third-order valence-corrected chi connectivity index (χ3v) is 5.11. The number of benzene rings is 3. The van der Waals surface area contributed by atoms with Gasteiger partial charge in [0.25, 0.3) is 5.91 Å². The van der Waals surface area contributed by atoms with Crippen LogP contribution in [-0.2, 0) is 20.9 Å². The Morgan fingerprint density at radius 2 is 1.65 bits per heavy atom. The summed E-state index contributed by atoms with van der Waals surface area (Å²) >= 11 is 0. The monoisotopic (exact) mass is 416 g/mol. The third-order valence-electron chi connectivity index (χ3n) is 5.11. The number of carbonyl (C=O) groups is 2. The van der Waals surface area contributed by atoms with Crippen molar-refractivity contribution in [2.75, 3.05) is 11.9 Å². The second kappa shape index (κ2) is 8.92. The lowest BCUT2D eigenvalue weighted by Gasteiger charge is -2.14. The summed E-state index contributed by atoms with van der Waals surface area (Å²) in [6.45, 7) is 4.17. The first-order valence-electron chi connectivity index (χ1n) is 10.3. The molecule has 0 bridgehead atoms. The fourth-order valence-corrected chi connectivity index (χ4v) is 3.67. The van der Waals surface area contributed by atoms with Crippen LogP contribution in [0.3, 0.4) is 0 Å². The SMILES string of the molecule is CCn1c2ccccc2c2cc(NC(=O)COC(=O)[C@H](C)Oc3ccccc3)ccc21. The lowest BCUT2D eigenvalue weighted by Crippen LogP contribution is -2.29. The maximum atomic E-state index is 12.3. The van der Waals surface area contributed by atoms with E-state index in [4.69, 9.17) is 9.47 Å². The molecule has 4 rings (SSSR count). The Bertz CT molecular complexity index is 1230. The Morgan fingerprint density at radius 1 is 0.935 bits per heavy atom. The summed E-state index contributed by atoms with van der Waals surface area (Å²) in [7, 11) is 0. The average molecular weight is 416 g/mol. The van der Waals surface area contributed by atoms with Crippen molar-refractivity contribution in [3.63, 3.8) is 0 Å². The highest BCUT2D eigenvalue weighted by Gasteiger charge is 2.18. The molecule has 0 spiro atoms. The molecule has 0 fully saturated rings. The van der Waals surface area contributed by atoms with Crippen LogP contribution in [0.4, 0.5) is 5.69 Å². The van der Waals surface area contributed by atoms with Crippen LogP contribution in [0.15, 0.2) is 72.8 Å². The molecule has 158 valence electrons.